The van der Waals surface area contributed by atoms with Gasteiger partial charge in [0.15, 0.2) is 0 Å². The summed E-state index contributed by atoms with van der Waals surface area (Å²) < 4.78 is 24.7. The molecule has 3 N–H and O–H groups in total. The second-order valence-corrected chi connectivity index (χ2v) is 5.38. The Bertz CT molecular complexity index is 649. The summed E-state index contributed by atoms with van der Waals surface area (Å²) in [6.45, 7) is 0.427. The van der Waals surface area contributed by atoms with E-state index in [2.05, 4.69) is 10.3 Å². The summed E-state index contributed by atoms with van der Waals surface area (Å²) in [4.78, 5) is 4.23. The molecule has 7 heteroatoms. The van der Waals surface area contributed by atoms with Gasteiger partial charge in [-0.3, -0.25) is 0 Å². The average molecular weight is 266 g/mol. The number of nitrogens with one attached hydrogen (secondary N) is 1. The second kappa shape index (κ2) is 4.79. The first-order chi connectivity index (χ1) is 8.48. The van der Waals surface area contributed by atoms with Crippen molar-refractivity contribution in [2.75, 3.05) is 5.32 Å². The number of rotatable bonds is 4. The molecule has 18 heavy (non-hydrogen) atoms. The minimum Gasteiger partial charge on any atom is -0.377 e. The van der Waals surface area contributed by atoms with Crippen molar-refractivity contribution in [2.24, 2.45) is 12.2 Å². The van der Waals surface area contributed by atoms with Gasteiger partial charge in [0.05, 0.1) is 12.2 Å². The normalized spacial score (nSPS) is 11.4. The molecule has 0 saturated heterocycles. The highest BCUT2D eigenvalue weighted by atomic mass is 32.2. The van der Waals surface area contributed by atoms with E-state index in [-0.39, 0.29) is 4.90 Å². The number of nitrogens with zero attached hydrogens (tertiary/aromatic N) is 2. The van der Waals surface area contributed by atoms with E-state index < -0.39 is 10.0 Å². The number of imidazole rings is 1. The Labute approximate surface area is 106 Å². The van der Waals surface area contributed by atoms with Gasteiger partial charge in [-0.05, 0) is 12.1 Å². The number of benzene rings is 1. The number of aryl methyl sites for hydroxylation is 1. The molecule has 0 spiro atoms. The van der Waals surface area contributed by atoms with Crippen LogP contribution in [0, 0.1) is 0 Å². The van der Waals surface area contributed by atoms with Crippen LogP contribution in [0.3, 0.4) is 0 Å². The minimum absolute atomic E-state index is 0.0826. The highest BCUT2D eigenvalue weighted by Gasteiger charge is 2.13. The van der Waals surface area contributed by atoms with Crippen LogP contribution in [0.4, 0.5) is 5.69 Å². The lowest BCUT2D eigenvalue weighted by atomic mass is 10.3. The Kier molecular flexibility index (Phi) is 3.35. The van der Waals surface area contributed by atoms with Gasteiger partial charge in [-0.2, -0.15) is 0 Å². The van der Waals surface area contributed by atoms with Crippen molar-refractivity contribution >= 4 is 15.7 Å². The monoisotopic (exact) mass is 266 g/mol. The summed E-state index contributed by atoms with van der Waals surface area (Å²) in [5.41, 5.74) is 0.475. The van der Waals surface area contributed by atoms with Crippen LogP contribution in [0.15, 0.2) is 41.6 Å². The van der Waals surface area contributed by atoms with Crippen LogP contribution in [0.25, 0.3) is 0 Å². The van der Waals surface area contributed by atoms with Crippen LogP contribution < -0.4 is 10.5 Å². The lowest BCUT2D eigenvalue weighted by Crippen LogP contribution is -2.15. The second-order valence-electron chi connectivity index (χ2n) is 3.85. The topological polar surface area (TPSA) is 90.0 Å². The largest absolute Gasteiger partial charge is 0.377 e. The van der Waals surface area contributed by atoms with E-state index in [9.17, 15) is 8.42 Å². The Morgan fingerprint density at radius 3 is 2.72 bits per heavy atom. The fraction of sp³-hybridized carbons (Fsp3) is 0.182. The van der Waals surface area contributed by atoms with E-state index in [0.29, 0.717) is 12.2 Å². The van der Waals surface area contributed by atoms with Crippen LogP contribution in [-0.4, -0.2) is 18.0 Å². The molecule has 0 radical (unpaired) electrons. The molecule has 2 rings (SSSR count). The van der Waals surface area contributed by atoms with Gasteiger partial charge in [-0.1, -0.05) is 12.1 Å². The van der Waals surface area contributed by atoms with Crippen molar-refractivity contribution in [2.45, 2.75) is 11.4 Å². The van der Waals surface area contributed by atoms with E-state index in [1.165, 1.54) is 6.07 Å². The minimum atomic E-state index is -3.72. The van der Waals surface area contributed by atoms with Crippen LogP contribution >= 0.6 is 0 Å². The first kappa shape index (κ1) is 12.6. The van der Waals surface area contributed by atoms with E-state index >= 15 is 0 Å². The highest BCUT2D eigenvalue weighted by Crippen LogP contribution is 2.19. The van der Waals surface area contributed by atoms with Crippen molar-refractivity contribution in [1.82, 2.24) is 9.55 Å². The zero-order valence-electron chi connectivity index (χ0n) is 9.87. The fourth-order valence-corrected chi connectivity index (χ4v) is 2.32. The Morgan fingerprint density at radius 1 is 1.39 bits per heavy atom. The average Bonchev–Trinajstić information content (AvgIpc) is 2.71. The van der Waals surface area contributed by atoms with Crippen molar-refractivity contribution in [1.29, 1.82) is 0 Å². The zero-order chi connectivity index (χ0) is 13.2. The van der Waals surface area contributed by atoms with Gasteiger partial charge in [-0.25, -0.2) is 18.5 Å². The molecule has 0 fully saturated rings. The quantitative estimate of drug-likeness (QED) is 0.851. The summed E-state index contributed by atoms with van der Waals surface area (Å²) in [5, 5.41) is 8.17. The molecule has 0 unspecified atom stereocenters. The maximum Gasteiger partial charge on any atom is 0.240 e. The predicted octanol–water partition coefficient (Wildman–Crippen LogP) is 0.680. The van der Waals surface area contributed by atoms with Gasteiger partial charge in [-0.15, -0.1) is 0 Å². The number of primary sulfonamides is 1. The van der Waals surface area contributed by atoms with Crippen molar-refractivity contribution < 1.29 is 8.42 Å². The number of anilines is 1. The third-order valence-corrected chi connectivity index (χ3v) is 3.52. The standard InChI is InChI=1S/C11H14N4O2S/c1-15-7-6-13-11(15)8-14-9-4-2-3-5-10(9)18(12,16)17/h2-7,14H,8H2,1H3,(H2,12,16,17). The first-order valence-corrected chi connectivity index (χ1v) is 6.85. The zero-order valence-corrected chi connectivity index (χ0v) is 10.7. The number of hydrogen-bond donors (Lipinski definition) is 2. The van der Waals surface area contributed by atoms with E-state index in [4.69, 9.17) is 5.14 Å². The Balaban J connectivity index is 2.23. The van der Waals surface area contributed by atoms with Crippen LogP contribution in [0.2, 0.25) is 0 Å². The molecule has 0 aliphatic rings. The first-order valence-electron chi connectivity index (χ1n) is 5.30. The molecule has 2 aromatic rings. The number of aromatic nitrogens is 2. The van der Waals surface area contributed by atoms with Gasteiger partial charge < -0.3 is 9.88 Å². The van der Waals surface area contributed by atoms with Gasteiger partial charge in [0, 0.05) is 19.4 Å². The summed E-state index contributed by atoms with van der Waals surface area (Å²) in [5.74, 6) is 0.805. The molecule has 1 aromatic carbocycles. The van der Waals surface area contributed by atoms with E-state index in [1.807, 2.05) is 17.8 Å². The number of para-hydroxylation sites is 1. The molecule has 1 heterocycles. The highest BCUT2D eigenvalue weighted by molar-refractivity contribution is 7.89. The third kappa shape index (κ3) is 2.69. The van der Waals surface area contributed by atoms with E-state index in [0.717, 1.165) is 5.82 Å². The molecular weight excluding hydrogens is 252 g/mol. The molecule has 0 bridgehead atoms. The maximum absolute atomic E-state index is 11.4. The Morgan fingerprint density at radius 2 is 2.11 bits per heavy atom. The molecular formula is C11H14N4O2S. The van der Waals surface area contributed by atoms with Gasteiger partial charge in [0.2, 0.25) is 10.0 Å². The van der Waals surface area contributed by atoms with E-state index in [1.54, 1.807) is 24.4 Å². The predicted molar refractivity (Wildman–Crippen MR) is 68.3 cm³/mol. The summed E-state index contributed by atoms with van der Waals surface area (Å²) >= 11 is 0. The molecule has 0 atom stereocenters. The summed E-state index contributed by atoms with van der Waals surface area (Å²) in [6.07, 6.45) is 3.51. The van der Waals surface area contributed by atoms with Gasteiger partial charge in [0.1, 0.15) is 10.7 Å². The molecule has 0 aliphatic carbocycles. The number of sulfonamides is 1. The van der Waals surface area contributed by atoms with Crippen molar-refractivity contribution in [3.8, 4) is 0 Å². The summed E-state index contributed by atoms with van der Waals surface area (Å²) in [7, 11) is -1.85. The maximum atomic E-state index is 11.4. The molecule has 96 valence electrons. The number of hydrogen-bond acceptors (Lipinski definition) is 4. The molecule has 1 aromatic heterocycles. The Hall–Kier alpha value is -1.86. The number of nitrogens with two attached hydrogens (primary N) is 1. The third-order valence-electron chi connectivity index (χ3n) is 2.55. The van der Waals surface area contributed by atoms with Crippen molar-refractivity contribution in [3.63, 3.8) is 0 Å². The molecule has 0 saturated carbocycles. The van der Waals surface area contributed by atoms with Crippen LogP contribution in [-0.2, 0) is 23.6 Å². The smallest absolute Gasteiger partial charge is 0.240 e. The van der Waals surface area contributed by atoms with Crippen LogP contribution in [0.5, 0.6) is 0 Å². The SMILES string of the molecule is Cn1ccnc1CNc1ccccc1S(N)(=O)=O. The lowest BCUT2D eigenvalue weighted by Gasteiger charge is -2.10. The molecule has 0 aliphatic heterocycles. The summed E-state index contributed by atoms with van der Waals surface area (Å²) in [6, 6.07) is 6.51. The van der Waals surface area contributed by atoms with Crippen LogP contribution in [0.1, 0.15) is 5.82 Å². The van der Waals surface area contributed by atoms with Crippen molar-refractivity contribution in [3.05, 3.63) is 42.5 Å². The van der Waals surface area contributed by atoms with Gasteiger partial charge >= 0.3 is 0 Å². The molecule has 0 amide bonds. The fourth-order valence-electron chi connectivity index (χ4n) is 1.60. The van der Waals surface area contributed by atoms with Gasteiger partial charge in [0.25, 0.3) is 0 Å². The molecule has 6 nitrogen and oxygen atoms in total. The lowest BCUT2D eigenvalue weighted by molar-refractivity contribution is 0.598.